The van der Waals surface area contributed by atoms with Gasteiger partial charge in [-0.15, -0.1) is 0 Å². The van der Waals surface area contributed by atoms with E-state index in [1.807, 2.05) is 43.9 Å². The fraction of sp³-hybridized carbons (Fsp3) is 0.571. The van der Waals surface area contributed by atoms with E-state index < -0.39 is 17.8 Å². The van der Waals surface area contributed by atoms with Crippen molar-refractivity contribution in [2.75, 3.05) is 33.4 Å². The predicted molar refractivity (Wildman–Crippen MR) is 173 cm³/mol. The van der Waals surface area contributed by atoms with E-state index in [4.69, 9.17) is 9.47 Å². The van der Waals surface area contributed by atoms with Crippen LogP contribution in [0.3, 0.4) is 0 Å². The number of nitrogens with one attached hydrogen (secondary N) is 2. The van der Waals surface area contributed by atoms with Gasteiger partial charge in [0.15, 0.2) is 5.78 Å². The van der Waals surface area contributed by atoms with E-state index in [-0.39, 0.29) is 44.4 Å². The van der Waals surface area contributed by atoms with Gasteiger partial charge in [-0.2, -0.15) is 0 Å². The first-order valence-corrected chi connectivity index (χ1v) is 16.1. The van der Waals surface area contributed by atoms with Crippen molar-refractivity contribution in [2.24, 2.45) is 11.8 Å². The molecule has 2 aromatic rings. The largest absolute Gasteiger partial charge is 0.497 e. The Hall–Kier alpha value is -3.46. The molecule has 1 saturated carbocycles. The van der Waals surface area contributed by atoms with Crippen LogP contribution < -0.4 is 20.1 Å². The van der Waals surface area contributed by atoms with E-state index >= 15 is 4.39 Å². The Balaban J connectivity index is 0.00000368. The average Bonchev–Trinajstić information content (AvgIpc) is 3.04. The molecule has 2 aliphatic rings. The summed E-state index contributed by atoms with van der Waals surface area (Å²) >= 11 is 0. The number of amides is 2. The van der Waals surface area contributed by atoms with Crippen LogP contribution in [0.15, 0.2) is 36.4 Å². The zero-order valence-corrected chi connectivity index (χ0v) is 26.6. The standard InChI is InChI=1S/C35H48FN3O5.2H2/c1-5-44-31-19-28(43-4)15-13-26(31)20-37-21-32(40)39-17-9-12-27(22-39)25-14-16-30(36)29(18-25)35(42)38-33(34(41)23(2)3)24-10-7-6-8-11-24;;/h13-16,18-19,23-24,27,33,37H,5-12,17,20-22H2,1-4H3,(H,38,42);2*1H/t27?,33-;;/m1../s1. The number of benzene rings is 2. The van der Waals surface area contributed by atoms with E-state index in [1.54, 1.807) is 19.2 Å². The smallest absolute Gasteiger partial charge is 0.254 e. The minimum absolute atomic E-state index is 0. The fourth-order valence-electron chi connectivity index (χ4n) is 6.43. The second-order valence-corrected chi connectivity index (χ2v) is 12.3. The van der Waals surface area contributed by atoms with Crippen LogP contribution in [-0.2, 0) is 16.1 Å². The maximum absolute atomic E-state index is 15.0. The summed E-state index contributed by atoms with van der Waals surface area (Å²) in [4.78, 5) is 41.5. The number of hydrogen-bond acceptors (Lipinski definition) is 6. The van der Waals surface area contributed by atoms with E-state index in [2.05, 4.69) is 10.6 Å². The molecular formula is C35H52FN3O5. The number of Topliss-reactive ketones (excluding diaryl/α,β-unsaturated/α-hetero) is 1. The zero-order valence-electron chi connectivity index (χ0n) is 26.6. The van der Waals surface area contributed by atoms with Crippen molar-refractivity contribution in [1.82, 2.24) is 15.5 Å². The molecular weight excluding hydrogens is 561 g/mol. The molecule has 0 spiro atoms. The first kappa shape index (κ1) is 33.4. The number of methoxy groups -OCH3 is 1. The molecule has 1 saturated heterocycles. The van der Waals surface area contributed by atoms with Gasteiger partial charge in [0, 0.05) is 46.0 Å². The van der Waals surface area contributed by atoms with Crippen LogP contribution in [0.4, 0.5) is 4.39 Å². The summed E-state index contributed by atoms with van der Waals surface area (Å²) in [6.07, 6.45) is 6.64. The van der Waals surface area contributed by atoms with Gasteiger partial charge in [-0.05, 0) is 62.3 Å². The maximum Gasteiger partial charge on any atom is 0.254 e. The molecule has 2 amide bonds. The molecule has 8 nitrogen and oxygen atoms in total. The number of ether oxygens (including phenoxy) is 2. The Bertz CT molecular complexity index is 1300. The van der Waals surface area contributed by atoms with Gasteiger partial charge in [-0.1, -0.05) is 45.2 Å². The van der Waals surface area contributed by atoms with Crippen molar-refractivity contribution in [1.29, 1.82) is 0 Å². The average molecular weight is 614 g/mol. The van der Waals surface area contributed by atoms with Crippen LogP contribution in [-0.4, -0.2) is 61.9 Å². The lowest BCUT2D eigenvalue weighted by atomic mass is 9.80. The summed E-state index contributed by atoms with van der Waals surface area (Å²) in [6, 6.07) is 9.68. The Morgan fingerprint density at radius 1 is 1.05 bits per heavy atom. The fourth-order valence-corrected chi connectivity index (χ4v) is 6.43. The van der Waals surface area contributed by atoms with Crippen molar-refractivity contribution in [3.8, 4) is 11.5 Å². The number of likely N-dealkylation sites (tertiary alicyclic amines) is 1. The lowest BCUT2D eigenvalue weighted by Gasteiger charge is -2.33. The highest BCUT2D eigenvalue weighted by Crippen LogP contribution is 2.31. The number of piperidine rings is 1. The van der Waals surface area contributed by atoms with Gasteiger partial charge >= 0.3 is 0 Å². The third-order valence-electron chi connectivity index (χ3n) is 8.93. The van der Waals surface area contributed by atoms with Gasteiger partial charge < -0.3 is 25.0 Å². The van der Waals surface area contributed by atoms with Crippen LogP contribution in [0.2, 0.25) is 0 Å². The monoisotopic (exact) mass is 613 g/mol. The van der Waals surface area contributed by atoms with E-state index in [9.17, 15) is 14.4 Å². The number of halogens is 1. The summed E-state index contributed by atoms with van der Waals surface area (Å²) < 4.78 is 26.0. The second kappa shape index (κ2) is 16.0. The molecule has 44 heavy (non-hydrogen) atoms. The zero-order chi connectivity index (χ0) is 31.6. The molecule has 1 unspecified atom stereocenters. The molecule has 244 valence electrons. The van der Waals surface area contributed by atoms with Crippen LogP contribution >= 0.6 is 0 Å². The number of carbonyl (C=O) groups is 3. The molecule has 2 atom stereocenters. The lowest BCUT2D eigenvalue weighted by Crippen LogP contribution is -2.48. The van der Waals surface area contributed by atoms with Gasteiger partial charge in [-0.3, -0.25) is 14.4 Å². The first-order chi connectivity index (χ1) is 21.2. The van der Waals surface area contributed by atoms with Gasteiger partial charge in [0.1, 0.15) is 17.3 Å². The number of rotatable bonds is 13. The van der Waals surface area contributed by atoms with Gasteiger partial charge in [0.2, 0.25) is 5.91 Å². The molecule has 2 fully saturated rings. The molecule has 9 heteroatoms. The molecule has 0 radical (unpaired) electrons. The highest BCUT2D eigenvalue weighted by Gasteiger charge is 2.33. The minimum Gasteiger partial charge on any atom is -0.497 e. The summed E-state index contributed by atoms with van der Waals surface area (Å²) in [5, 5.41) is 6.16. The Labute approximate surface area is 264 Å². The van der Waals surface area contributed by atoms with Gasteiger partial charge in [0.05, 0.1) is 31.9 Å². The van der Waals surface area contributed by atoms with E-state index in [0.29, 0.717) is 32.0 Å². The Kier molecular flexibility index (Phi) is 12.2. The highest BCUT2D eigenvalue weighted by molar-refractivity contribution is 5.98. The van der Waals surface area contributed by atoms with Crippen molar-refractivity contribution in [2.45, 2.75) is 84.2 Å². The molecule has 2 N–H and O–H groups in total. The predicted octanol–water partition coefficient (Wildman–Crippen LogP) is 6.12. The third-order valence-corrected chi connectivity index (χ3v) is 8.93. The van der Waals surface area contributed by atoms with Crippen LogP contribution in [0.25, 0.3) is 0 Å². The first-order valence-electron chi connectivity index (χ1n) is 16.1. The molecule has 1 aliphatic carbocycles. The van der Waals surface area contributed by atoms with E-state index in [1.165, 1.54) is 6.07 Å². The summed E-state index contributed by atoms with van der Waals surface area (Å²) in [6.45, 7) is 7.93. The summed E-state index contributed by atoms with van der Waals surface area (Å²) in [5.74, 6) is 0.105. The van der Waals surface area contributed by atoms with Gasteiger partial charge in [-0.25, -0.2) is 4.39 Å². The molecule has 1 heterocycles. The summed E-state index contributed by atoms with van der Waals surface area (Å²) in [5.41, 5.74) is 1.72. The Morgan fingerprint density at radius 2 is 1.82 bits per heavy atom. The van der Waals surface area contributed by atoms with Crippen LogP contribution in [0.5, 0.6) is 11.5 Å². The number of hydrogen-bond donors (Lipinski definition) is 2. The van der Waals surface area contributed by atoms with Crippen LogP contribution in [0.1, 0.15) is 96.0 Å². The van der Waals surface area contributed by atoms with Crippen molar-refractivity contribution in [3.63, 3.8) is 0 Å². The lowest BCUT2D eigenvalue weighted by molar-refractivity contribution is -0.131. The van der Waals surface area contributed by atoms with Crippen molar-refractivity contribution < 1.29 is 31.1 Å². The quantitative estimate of drug-likeness (QED) is 0.282. The molecule has 4 rings (SSSR count). The Morgan fingerprint density at radius 3 is 2.52 bits per heavy atom. The number of nitrogens with zero attached hydrogens (tertiary/aromatic N) is 1. The molecule has 2 aromatic carbocycles. The van der Waals surface area contributed by atoms with Crippen molar-refractivity contribution >= 4 is 17.6 Å². The third kappa shape index (κ3) is 8.58. The SMILES string of the molecule is CCOc1cc(OC)ccc1CNCC(=O)N1CCCC(c2ccc(F)c(C(=O)N[C@@H](C(=O)C(C)C)C3CCCCC3)c2)C1.[HH].[HH]. The number of carbonyl (C=O) groups excluding carboxylic acids is 3. The molecule has 0 aromatic heterocycles. The minimum atomic E-state index is -0.608. The van der Waals surface area contributed by atoms with E-state index in [0.717, 1.165) is 61.8 Å². The summed E-state index contributed by atoms with van der Waals surface area (Å²) in [7, 11) is 1.61. The normalized spacial score (nSPS) is 18.1. The maximum atomic E-state index is 15.0. The number of ketones is 1. The topological polar surface area (TPSA) is 97.0 Å². The molecule has 0 bridgehead atoms. The van der Waals surface area contributed by atoms with Gasteiger partial charge in [0.25, 0.3) is 5.91 Å². The molecule has 1 aliphatic heterocycles. The van der Waals surface area contributed by atoms with Crippen molar-refractivity contribution in [3.05, 3.63) is 58.9 Å². The van der Waals surface area contributed by atoms with Crippen LogP contribution in [0, 0.1) is 17.7 Å². The second-order valence-electron chi connectivity index (χ2n) is 12.3. The highest BCUT2D eigenvalue weighted by atomic mass is 19.1.